The minimum Gasteiger partial charge on any atom is -0.322 e. The Kier molecular flexibility index (Phi) is 9.97. The zero-order chi connectivity index (χ0) is 31.4. The Hall–Kier alpha value is -3.69. The SMILES string of the molecule is CCN(CC)S(=O)(=O)c1ccc(C(=O)Nc2ccc3nc(NC(=O)c4ccc(S(=O)(=O)N(CC)CC)cc4)sc3c2)cc1. The predicted octanol–water partition coefficient (Wildman–Crippen LogP) is 4.86. The zero-order valence-electron chi connectivity index (χ0n) is 24.2. The van der Waals surface area contributed by atoms with Crippen LogP contribution in [0.4, 0.5) is 10.8 Å². The Morgan fingerprint density at radius 1 is 0.674 bits per heavy atom. The molecule has 14 heteroatoms. The van der Waals surface area contributed by atoms with Gasteiger partial charge in [0.25, 0.3) is 11.8 Å². The molecule has 0 radical (unpaired) electrons. The molecule has 11 nitrogen and oxygen atoms in total. The van der Waals surface area contributed by atoms with Crippen LogP contribution in [0.5, 0.6) is 0 Å². The number of sulfonamides is 2. The van der Waals surface area contributed by atoms with Crippen LogP contribution >= 0.6 is 11.3 Å². The second-order valence-electron chi connectivity index (χ2n) is 9.34. The number of rotatable bonds is 12. The second-order valence-corrected chi connectivity index (χ2v) is 14.2. The summed E-state index contributed by atoms with van der Waals surface area (Å²) in [6.45, 7) is 8.46. The fourth-order valence-electron chi connectivity index (χ4n) is 4.41. The molecule has 4 aromatic rings. The topological polar surface area (TPSA) is 146 Å². The fourth-order valence-corrected chi connectivity index (χ4v) is 8.23. The van der Waals surface area contributed by atoms with Crippen LogP contribution in [-0.4, -0.2) is 68.4 Å². The lowest BCUT2D eigenvalue weighted by Crippen LogP contribution is -2.30. The molecule has 228 valence electrons. The number of thiazole rings is 1. The molecular formula is C29H33N5O6S3. The van der Waals surface area contributed by atoms with Gasteiger partial charge in [-0.25, -0.2) is 21.8 Å². The van der Waals surface area contributed by atoms with E-state index in [9.17, 15) is 26.4 Å². The number of fused-ring (bicyclic) bond motifs is 1. The van der Waals surface area contributed by atoms with E-state index < -0.39 is 31.9 Å². The molecule has 0 saturated carbocycles. The van der Waals surface area contributed by atoms with Gasteiger partial charge in [-0.15, -0.1) is 0 Å². The van der Waals surface area contributed by atoms with Gasteiger partial charge in [0, 0.05) is 43.0 Å². The largest absolute Gasteiger partial charge is 0.322 e. The van der Waals surface area contributed by atoms with Gasteiger partial charge in [0.2, 0.25) is 20.0 Å². The number of amides is 2. The van der Waals surface area contributed by atoms with E-state index >= 15 is 0 Å². The van der Waals surface area contributed by atoms with Crippen molar-refractivity contribution in [3.05, 3.63) is 77.9 Å². The van der Waals surface area contributed by atoms with Crippen LogP contribution in [-0.2, 0) is 20.0 Å². The van der Waals surface area contributed by atoms with Gasteiger partial charge in [-0.1, -0.05) is 39.0 Å². The fraction of sp³-hybridized carbons (Fsp3) is 0.276. The average molecular weight is 644 g/mol. The van der Waals surface area contributed by atoms with E-state index in [-0.39, 0.29) is 15.4 Å². The number of nitrogens with one attached hydrogen (secondary N) is 2. The highest BCUT2D eigenvalue weighted by Crippen LogP contribution is 2.29. The lowest BCUT2D eigenvalue weighted by Gasteiger charge is -2.18. The first-order chi connectivity index (χ1) is 20.4. The van der Waals surface area contributed by atoms with Gasteiger partial charge in [0.15, 0.2) is 5.13 Å². The molecule has 1 heterocycles. The molecular weight excluding hydrogens is 611 g/mol. The molecule has 3 aromatic carbocycles. The first-order valence-electron chi connectivity index (χ1n) is 13.7. The zero-order valence-corrected chi connectivity index (χ0v) is 26.6. The molecule has 2 N–H and O–H groups in total. The highest BCUT2D eigenvalue weighted by molar-refractivity contribution is 7.89. The van der Waals surface area contributed by atoms with Crippen molar-refractivity contribution in [1.82, 2.24) is 13.6 Å². The smallest absolute Gasteiger partial charge is 0.257 e. The van der Waals surface area contributed by atoms with Gasteiger partial charge in [-0.2, -0.15) is 8.61 Å². The molecule has 0 aliphatic carbocycles. The third kappa shape index (κ3) is 6.94. The number of hydrogen-bond donors (Lipinski definition) is 2. The van der Waals surface area contributed by atoms with E-state index in [1.54, 1.807) is 45.9 Å². The number of carbonyl (C=O) groups excluding carboxylic acids is 2. The van der Waals surface area contributed by atoms with Crippen molar-refractivity contribution in [3.8, 4) is 0 Å². The number of nitrogens with zero attached hydrogens (tertiary/aromatic N) is 3. The summed E-state index contributed by atoms with van der Waals surface area (Å²) in [5, 5.41) is 5.88. The molecule has 0 atom stereocenters. The van der Waals surface area contributed by atoms with E-state index in [0.717, 1.165) is 4.70 Å². The maximum absolute atomic E-state index is 12.8. The minimum atomic E-state index is -3.63. The van der Waals surface area contributed by atoms with Gasteiger partial charge in [0.1, 0.15) is 0 Å². The number of benzene rings is 3. The quantitative estimate of drug-likeness (QED) is 0.224. The molecule has 0 unspecified atom stereocenters. The third-order valence-electron chi connectivity index (χ3n) is 6.79. The van der Waals surface area contributed by atoms with E-state index in [2.05, 4.69) is 15.6 Å². The highest BCUT2D eigenvalue weighted by atomic mass is 32.2. The third-order valence-corrected chi connectivity index (χ3v) is 11.8. The maximum atomic E-state index is 12.8. The Morgan fingerprint density at radius 2 is 1.12 bits per heavy atom. The van der Waals surface area contributed by atoms with Crippen molar-refractivity contribution in [2.75, 3.05) is 36.8 Å². The van der Waals surface area contributed by atoms with Crippen LogP contribution in [0.3, 0.4) is 0 Å². The van der Waals surface area contributed by atoms with Crippen molar-refractivity contribution in [2.45, 2.75) is 37.5 Å². The Labute approximate surface area is 255 Å². The summed E-state index contributed by atoms with van der Waals surface area (Å²) < 4.78 is 54.2. The molecule has 0 fully saturated rings. The van der Waals surface area contributed by atoms with Crippen LogP contribution in [0.1, 0.15) is 48.4 Å². The van der Waals surface area contributed by atoms with E-state index in [0.29, 0.717) is 48.1 Å². The summed E-state index contributed by atoms with van der Waals surface area (Å²) in [5.74, 6) is -0.846. The number of anilines is 2. The molecule has 0 bridgehead atoms. The summed E-state index contributed by atoms with van der Waals surface area (Å²) in [5.41, 5.74) is 1.70. The number of carbonyl (C=O) groups is 2. The van der Waals surface area contributed by atoms with Gasteiger partial charge < -0.3 is 5.32 Å². The standard InChI is InChI=1S/C29H33N5O6S3/c1-5-33(6-2)42(37,38)23-14-9-20(10-15-23)27(35)30-22-13-18-25-26(19-22)41-29(31-25)32-28(36)21-11-16-24(17-12-21)43(39,40)34(7-3)8-4/h9-19H,5-8H2,1-4H3,(H,30,35)(H,31,32,36). The van der Waals surface area contributed by atoms with Crippen LogP contribution in [0.15, 0.2) is 76.5 Å². The van der Waals surface area contributed by atoms with Crippen LogP contribution in [0.2, 0.25) is 0 Å². The molecule has 1 aromatic heterocycles. The summed E-state index contributed by atoms with van der Waals surface area (Å²) in [7, 11) is -7.25. The van der Waals surface area contributed by atoms with E-state index in [1.807, 2.05) is 0 Å². The predicted molar refractivity (Wildman–Crippen MR) is 169 cm³/mol. The van der Waals surface area contributed by atoms with Crippen molar-refractivity contribution in [3.63, 3.8) is 0 Å². The Bertz CT molecular complexity index is 1730. The summed E-state index contributed by atoms with van der Waals surface area (Å²) in [4.78, 5) is 30.3. The van der Waals surface area contributed by atoms with Crippen molar-refractivity contribution in [1.29, 1.82) is 0 Å². The van der Waals surface area contributed by atoms with Crippen LogP contribution < -0.4 is 10.6 Å². The molecule has 0 aliphatic heterocycles. The van der Waals surface area contributed by atoms with E-state index in [4.69, 9.17) is 0 Å². The molecule has 0 saturated heterocycles. The second kappa shape index (κ2) is 13.3. The normalized spacial score (nSPS) is 12.1. The Morgan fingerprint density at radius 3 is 1.56 bits per heavy atom. The monoisotopic (exact) mass is 643 g/mol. The maximum Gasteiger partial charge on any atom is 0.257 e. The van der Waals surface area contributed by atoms with Crippen molar-refractivity contribution >= 4 is 64.2 Å². The molecule has 2 amide bonds. The first-order valence-corrected chi connectivity index (χ1v) is 17.4. The molecule has 4 rings (SSSR count). The molecule has 0 aliphatic rings. The van der Waals surface area contributed by atoms with E-state index in [1.165, 1.54) is 68.5 Å². The van der Waals surface area contributed by atoms with Crippen molar-refractivity contribution in [2.24, 2.45) is 0 Å². The number of hydrogen-bond acceptors (Lipinski definition) is 8. The Balaban J connectivity index is 1.44. The van der Waals surface area contributed by atoms with Gasteiger partial charge >= 0.3 is 0 Å². The van der Waals surface area contributed by atoms with Gasteiger partial charge in [-0.05, 0) is 66.7 Å². The summed E-state index contributed by atoms with van der Waals surface area (Å²) in [6, 6.07) is 16.6. The molecule has 43 heavy (non-hydrogen) atoms. The average Bonchev–Trinajstić information content (AvgIpc) is 3.39. The lowest BCUT2D eigenvalue weighted by molar-refractivity contribution is 0.101. The number of aromatic nitrogens is 1. The summed E-state index contributed by atoms with van der Waals surface area (Å²) in [6.07, 6.45) is 0. The minimum absolute atomic E-state index is 0.114. The van der Waals surface area contributed by atoms with Gasteiger partial charge in [-0.3, -0.25) is 14.9 Å². The van der Waals surface area contributed by atoms with Crippen molar-refractivity contribution < 1.29 is 26.4 Å². The molecule has 0 spiro atoms. The van der Waals surface area contributed by atoms with Crippen LogP contribution in [0, 0.1) is 0 Å². The first kappa shape index (κ1) is 32.2. The van der Waals surface area contributed by atoms with Crippen LogP contribution in [0.25, 0.3) is 10.2 Å². The lowest BCUT2D eigenvalue weighted by atomic mass is 10.2. The highest BCUT2D eigenvalue weighted by Gasteiger charge is 2.23. The summed E-state index contributed by atoms with van der Waals surface area (Å²) >= 11 is 1.22. The van der Waals surface area contributed by atoms with Gasteiger partial charge in [0.05, 0.1) is 20.0 Å².